The third-order valence-corrected chi connectivity index (χ3v) is 8.58. The van der Waals surface area contributed by atoms with Crippen LogP contribution in [0, 0.1) is 5.82 Å². The minimum absolute atomic E-state index is 0.0890. The van der Waals surface area contributed by atoms with Gasteiger partial charge in [0, 0.05) is 6.26 Å². The summed E-state index contributed by atoms with van der Waals surface area (Å²) in [4.78, 5) is 4.94. The number of methoxy groups -OCH3 is 1. The van der Waals surface area contributed by atoms with Crippen molar-refractivity contribution in [2.45, 2.75) is 30.6 Å². The Morgan fingerprint density at radius 1 is 0.907 bits per heavy atom. The number of benzene rings is 4. The Bertz CT molecular complexity index is 1890. The molecule has 1 fully saturated rings. The van der Waals surface area contributed by atoms with Gasteiger partial charge in [-0.15, -0.1) is 0 Å². The summed E-state index contributed by atoms with van der Waals surface area (Å²) in [6.45, 7) is 2.92. The predicted octanol–water partition coefficient (Wildman–Crippen LogP) is 6.16. The minimum atomic E-state index is -3.50. The largest absolute Gasteiger partial charge is 0.493 e. The van der Waals surface area contributed by atoms with Crippen molar-refractivity contribution in [1.29, 1.82) is 0 Å². The number of imidazole rings is 1. The Balaban J connectivity index is 1.53. The van der Waals surface area contributed by atoms with Crippen LogP contribution in [0.15, 0.2) is 89.8 Å². The average molecular weight is 603 g/mol. The van der Waals surface area contributed by atoms with Gasteiger partial charge in [0.05, 0.1) is 47.4 Å². The normalized spacial score (nSPS) is 14.3. The number of hydrogen-bond acceptors (Lipinski definition) is 7. The fourth-order valence-corrected chi connectivity index (χ4v) is 5.81. The zero-order valence-electron chi connectivity index (χ0n) is 24.0. The molecule has 0 N–H and O–H groups in total. The van der Waals surface area contributed by atoms with Crippen LogP contribution in [0.4, 0.5) is 4.39 Å². The minimum Gasteiger partial charge on any atom is -0.493 e. The summed E-state index contributed by atoms with van der Waals surface area (Å²) in [5.41, 5.74) is 2.35. The number of aromatic nitrogens is 2. The van der Waals surface area contributed by atoms with Gasteiger partial charge in [0.25, 0.3) is 0 Å². The predicted molar refractivity (Wildman–Crippen MR) is 161 cm³/mol. The number of halogens is 1. The van der Waals surface area contributed by atoms with Crippen LogP contribution >= 0.6 is 0 Å². The second-order valence-corrected chi connectivity index (χ2v) is 12.8. The van der Waals surface area contributed by atoms with E-state index in [0.717, 1.165) is 17.4 Å². The van der Waals surface area contributed by atoms with E-state index in [9.17, 15) is 8.42 Å². The molecule has 0 amide bonds. The molecule has 0 unspecified atom stereocenters. The topological polar surface area (TPSA) is 88.9 Å². The average Bonchev–Trinajstić information content (AvgIpc) is 3.38. The van der Waals surface area contributed by atoms with Crippen molar-refractivity contribution >= 4 is 20.9 Å². The summed E-state index contributed by atoms with van der Waals surface area (Å²) >= 11 is 0. The van der Waals surface area contributed by atoms with Gasteiger partial charge in [-0.1, -0.05) is 60.7 Å². The fraction of sp³-hybridized carbons (Fsp3) is 0.242. The first-order chi connectivity index (χ1) is 20.7. The molecule has 4 aromatic carbocycles. The van der Waals surface area contributed by atoms with Crippen molar-refractivity contribution in [2.75, 3.05) is 26.6 Å². The van der Waals surface area contributed by atoms with E-state index < -0.39 is 21.2 Å². The smallest absolute Gasteiger partial charge is 0.207 e. The monoisotopic (exact) mass is 602 g/mol. The molecule has 0 aliphatic carbocycles. The molecule has 8 nitrogen and oxygen atoms in total. The van der Waals surface area contributed by atoms with Crippen LogP contribution in [0.25, 0.3) is 22.4 Å². The lowest BCUT2D eigenvalue weighted by Gasteiger charge is -2.41. The van der Waals surface area contributed by atoms with Gasteiger partial charge in [-0.2, -0.15) is 0 Å². The van der Waals surface area contributed by atoms with Crippen LogP contribution in [0.2, 0.25) is 0 Å². The second-order valence-electron chi connectivity index (χ2n) is 10.8. The lowest BCUT2D eigenvalue weighted by Crippen LogP contribution is -2.49. The maximum absolute atomic E-state index is 16.8. The van der Waals surface area contributed by atoms with Crippen LogP contribution < -0.4 is 14.2 Å². The van der Waals surface area contributed by atoms with Gasteiger partial charge in [-0.3, -0.25) is 0 Å². The molecular weight excluding hydrogens is 571 g/mol. The molecule has 222 valence electrons. The fourth-order valence-electron chi connectivity index (χ4n) is 5.17. The van der Waals surface area contributed by atoms with E-state index in [1.807, 2.05) is 72.2 Å². The van der Waals surface area contributed by atoms with Crippen LogP contribution in [0.5, 0.6) is 17.2 Å². The quantitative estimate of drug-likeness (QED) is 0.189. The Labute approximate surface area is 249 Å². The van der Waals surface area contributed by atoms with Crippen molar-refractivity contribution < 1.29 is 31.8 Å². The third-order valence-electron chi connectivity index (χ3n) is 7.47. The molecule has 6 rings (SSSR count). The molecule has 10 heteroatoms. The van der Waals surface area contributed by atoms with E-state index in [4.69, 9.17) is 23.9 Å². The first-order valence-corrected chi connectivity index (χ1v) is 15.6. The van der Waals surface area contributed by atoms with Gasteiger partial charge in [0.2, 0.25) is 11.5 Å². The molecular formula is C33H31FN2O6S. The molecule has 5 aromatic rings. The second kappa shape index (κ2) is 11.3. The number of nitrogens with zero attached hydrogens (tertiary/aromatic N) is 2. The van der Waals surface area contributed by atoms with Gasteiger partial charge in [-0.25, -0.2) is 17.8 Å². The summed E-state index contributed by atoms with van der Waals surface area (Å²) < 4.78 is 67.0. The van der Waals surface area contributed by atoms with E-state index in [-0.39, 0.29) is 40.9 Å². The molecule has 0 atom stereocenters. The van der Waals surface area contributed by atoms with Crippen molar-refractivity contribution in [1.82, 2.24) is 9.55 Å². The summed E-state index contributed by atoms with van der Waals surface area (Å²) in [6.07, 6.45) is 1.15. The zero-order valence-corrected chi connectivity index (χ0v) is 24.9. The number of fused-ring (bicyclic) bond motifs is 1. The van der Waals surface area contributed by atoms with Crippen molar-refractivity contribution in [2.24, 2.45) is 0 Å². The number of hydrogen-bond donors (Lipinski definition) is 0. The van der Waals surface area contributed by atoms with E-state index in [1.54, 1.807) is 18.2 Å². The number of rotatable bonds is 10. The van der Waals surface area contributed by atoms with Crippen LogP contribution in [0.1, 0.15) is 18.1 Å². The molecule has 1 aromatic heterocycles. The lowest BCUT2D eigenvalue weighted by atomic mass is 9.98. The summed E-state index contributed by atoms with van der Waals surface area (Å²) in [7, 11) is -2.02. The highest BCUT2D eigenvalue weighted by atomic mass is 32.2. The van der Waals surface area contributed by atoms with Crippen LogP contribution in [-0.4, -0.2) is 44.5 Å². The molecule has 0 bridgehead atoms. The molecule has 1 saturated heterocycles. The number of ether oxygens (including phenoxy) is 4. The molecule has 0 spiro atoms. The highest BCUT2D eigenvalue weighted by Gasteiger charge is 2.40. The third kappa shape index (κ3) is 5.55. The summed E-state index contributed by atoms with van der Waals surface area (Å²) in [6, 6.07) is 25.2. The Morgan fingerprint density at radius 3 is 2.05 bits per heavy atom. The van der Waals surface area contributed by atoms with Gasteiger partial charge in [0.1, 0.15) is 19.0 Å². The Hall–Kier alpha value is -4.41. The van der Waals surface area contributed by atoms with E-state index in [0.29, 0.717) is 30.1 Å². The highest BCUT2D eigenvalue weighted by Crippen LogP contribution is 2.47. The number of sulfone groups is 1. The Morgan fingerprint density at radius 2 is 1.51 bits per heavy atom. The lowest BCUT2D eigenvalue weighted by molar-refractivity contribution is -0.0868. The standard InChI is InChI=1S/C33H31FN2O6S/c1-33(20-40-21-33)36-27-16-24(43(3,37)38)14-15-26(27)35-32(36)25-17-28(39-2)30(41-18-22-10-6-4-7-11-22)31(29(25)34)42-19-23-12-8-5-9-13-23/h4-17H,18-21H2,1-3H3. The summed E-state index contributed by atoms with van der Waals surface area (Å²) in [5.74, 6) is -0.103. The van der Waals surface area contributed by atoms with Gasteiger partial charge < -0.3 is 23.5 Å². The van der Waals surface area contributed by atoms with E-state index in [1.165, 1.54) is 13.2 Å². The highest BCUT2D eigenvalue weighted by molar-refractivity contribution is 7.90. The maximum atomic E-state index is 16.8. The first-order valence-electron chi connectivity index (χ1n) is 13.7. The van der Waals surface area contributed by atoms with Crippen LogP contribution in [-0.2, 0) is 33.3 Å². The zero-order chi connectivity index (χ0) is 30.2. The first kappa shape index (κ1) is 28.7. The van der Waals surface area contributed by atoms with E-state index >= 15 is 4.39 Å². The molecule has 0 radical (unpaired) electrons. The Kier molecular flexibility index (Phi) is 7.57. The van der Waals surface area contributed by atoms with Crippen molar-refractivity contribution in [3.63, 3.8) is 0 Å². The van der Waals surface area contributed by atoms with Crippen molar-refractivity contribution in [3.8, 4) is 28.6 Å². The molecule has 2 heterocycles. The molecule has 1 aliphatic heterocycles. The van der Waals surface area contributed by atoms with Gasteiger partial charge in [0.15, 0.2) is 21.4 Å². The summed E-state index contributed by atoms with van der Waals surface area (Å²) in [5, 5.41) is 0. The van der Waals surface area contributed by atoms with E-state index in [2.05, 4.69) is 0 Å². The van der Waals surface area contributed by atoms with Crippen LogP contribution in [0.3, 0.4) is 0 Å². The SMILES string of the molecule is COc1cc(-c2nc3ccc(S(C)(=O)=O)cc3n2C2(C)COC2)c(F)c(OCc2ccccc2)c1OCc1ccccc1. The van der Waals surface area contributed by atoms with Gasteiger partial charge in [-0.05, 0) is 42.3 Å². The molecule has 0 saturated carbocycles. The van der Waals surface area contributed by atoms with Crippen molar-refractivity contribution in [3.05, 3.63) is 102 Å². The molecule has 1 aliphatic rings. The maximum Gasteiger partial charge on any atom is 0.207 e. The van der Waals surface area contributed by atoms with Gasteiger partial charge >= 0.3 is 0 Å². The molecule has 43 heavy (non-hydrogen) atoms.